The van der Waals surface area contributed by atoms with Gasteiger partial charge in [0.2, 0.25) is 0 Å². The van der Waals surface area contributed by atoms with Crippen LogP contribution in [0, 0.1) is 11.8 Å². The van der Waals surface area contributed by atoms with Crippen molar-refractivity contribution in [1.82, 2.24) is 4.90 Å². The molecule has 4 atom stereocenters. The number of benzene rings is 1. The van der Waals surface area contributed by atoms with Crippen molar-refractivity contribution in [2.75, 3.05) is 18.4 Å². The third-order valence-electron chi connectivity index (χ3n) is 5.16. The van der Waals surface area contributed by atoms with Crippen molar-refractivity contribution in [3.8, 4) is 0 Å². The number of nitrogens with one attached hydrogen (secondary N) is 1. The number of hydrogen-bond acceptors (Lipinski definition) is 4. The first-order valence-electron chi connectivity index (χ1n) is 9.42. The van der Waals surface area contributed by atoms with Crippen LogP contribution in [0.3, 0.4) is 0 Å². The lowest BCUT2D eigenvalue weighted by atomic mass is 9.91. The second-order valence-electron chi connectivity index (χ2n) is 7.72. The Morgan fingerprint density at radius 3 is 2.33 bits per heavy atom. The summed E-state index contributed by atoms with van der Waals surface area (Å²) in [5, 5.41) is 11.7. The van der Waals surface area contributed by atoms with Crippen LogP contribution in [0.15, 0.2) is 24.3 Å². The van der Waals surface area contributed by atoms with Gasteiger partial charge in [-0.3, -0.25) is 9.59 Å². The fourth-order valence-electron chi connectivity index (χ4n) is 4.00. The summed E-state index contributed by atoms with van der Waals surface area (Å²) in [6.45, 7) is 5.69. The van der Waals surface area contributed by atoms with E-state index >= 15 is 0 Å². The highest BCUT2D eigenvalue weighted by Gasteiger charge is 2.35. The molecule has 0 aliphatic carbocycles. The van der Waals surface area contributed by atoms with Gasteiger partial charge in [-0.2, -0.15) is 0 Å². The van der Waals surface area contributed by atoms with Crippen LogP contribution in [0.5, 0.6) is 0 Å². The van der Waals surface area contributed by atoms with Gasteiger partial charge in [0.25, 0.3) is 11.8 Å². The van der Waals surface area contributed by atoms with E-state index in [0.717, 1.165) is 6.42 Å². The average Bonchev–Trinajstić information content (AvgIpc) is 3.11. The van der Waals surface area contributed by atoms with Crippen LogP contribution in [0.4, 0.5) is 5.69 Å². The summed E-state index contributed by atoms with van der Waals surface area (Å²) < 4.78 is 5.29. The third kappa shape index (κ3) is 4.47. The first-order chi connectivity index (χ1) is 12.8. The Balaban J connectivity index is 1.71. The first kappa shape index (κ1) is 19.4. The lowest BCUT2D eigenvalue weighted by Crippen LogP contribution is -2.43. The molecule has 3 rings (SSSR count). The van der Waals surface area contributed by atoms with E-state index in [-0.39, 0.29) is 5.91 Å². The summed E-state index contributed by atoms with van der Waals surface area (Å²) in [6.07, 6.45) is -0.0120. The maximum atomic E-state index is 13.0. The zero-order valence-electron chi connectivity index (χ0n) is 15.7. The molecule has 7 heteroatoms. The van der Waals surface area contributed by atoms with Gasteiger partial charge in [-0.25, -0.2) is 4.79 Å². The summed E-state index contributed by atoms with van der Waals surface area (Å²) in [5.41, 5.74) is 0.876. The molecule has 1 aromatic carbocycles. The van der Waals surface area contributed by atoms with Gasteiger partial charge in [-0.05, 0) is 43.2 Å². The van der Waals surface area contributed by atoms with Gasteiger partial charge in [0, 0.05) is 13.1 Å². The Hall–Kier alpha value is -2.41. The Kier molecular flexibility index (Phi) is 5.79. The van der Waals surface area contributed by atoms with Crippen molar-refractivity contribution in [2.24, 2.45) is 11.8 Å². The molecule has 2 aliphatic heterocycles. The standard InChI is InChI=1S/C20H26N2O5/c1-12-9-13(2)11-22(10-12)19(24)14-5-3-4-6-15(14)21-18(23)16-7-8-17(27-16)20(25)26/h3-6,12-13,16-17H,7-11H2,1-2H3,(H,21,23)(H,25,26)/t12?,13?,16-,17+/m0/s1. The van der Waals surface area contributed by atoms with Crippen molar-refractivity contribution in [2.45, 2.75) is 45.3 Å². The molecule has 0 saturated carbocycles. The minimum absolute atomic E-state index is 0.0972. The van der Waals surface area contributed by atoms with E-state index in [4.69, 9.17) is 9.84 Å². The Labute approximate surface area is 158 Å². The third-order valence-corrected chi connectivity index (χ3v) is 5.16. The van der Waals surface area contributed by atoms with Gasteiger partial charge in [-0.1, -0.05) is 26.0 Å². The van der Waals surface area contributed by atoms with Crippen LogP contribution in [-0.2, 0) is 14.3 Å². The average molecular weight is 374 g/mol. The fourth-order valence-corrected chi connectivity index (χ4v) is 4.00. The van der Waals surface area contributed by atoms with Crippen LogP contribution in [-0.4, -0.2) is 53.1 Å². The predicted octanol–water partition coefficient (Wildman–Crippen LogP) is 2.38. The van der Waals surface area contributed by atoms with Crippen molar-refractivity contribution < 1.29 is 24.2 Å². The minimum Gasteiger partial charge on any atom is -0.479 e. The maximum absolute atomic E-state index is 13.0. The quantitative estimate of drug-likeness (QED) is 0.844. The number of carboxylic acid groups (broad SMARTS) is 1. The number of likely N-dealkylation sites (tertiary alicyclic amines) is 1. The molecular weight excluding hydrogens is 348 g/mol. The van der Waals surface area contributed by atoms with E-state index in [1.54, 1.807) is 24.3 Å². The number of carboxylic acids is 1. The van der Waals surface area contributed by atoms with E-state index < -0.39 is 24.1 Å². The molecule has 1 aromatic rings. The molecule has 2 saturated heterocycles. The number of rotatable bonds is 4. The van der Waals surface area contributed by atoms with Crippen LogP contribution < -0.4 is 5.32 Å². The van der Waals surface area contributed by atoms with Gasteiger partial charge in [-0.15, -0.1) is 0 Å². The molecule has 7 nitrogen and oxygen atoms in total. The maximum Gasteiger partial charge on any atom is 0.332 e. The lowest BCUT2D eigenvalue weighted by Gasteiger charge is -2.35. The fraction of sp³-hybridized carbons (Fsp3) is 0.550. The zero-order chi connectivity index (χ0) is 19.6. The second-order valence-corrected chi connectivity index (χ2v) is 7.72. The van der Waals surface area contributed by atoms with Crippen LogP contribution in [0.2, 0.25) is 0 Å². The molecule has 0 aromatic heterocycles. The van der Waals surface area contributed by atoms with E-state index in [1.165, 1.54) is 0 Å². The molecule has 2 aliphatic rings. The van der Waals surface area contributed by atoms with Crippen molar-refractivity contribution in [3.63, 3.8) is 0 Å². The van der Waals surface area contributed by atoms with E-state index in [9.17, 15) is 14.4 Å². The molecule has 2 N–H and O–H groups in total. The molecule has 2 amide bonds. The molecule has 27 heavy (non-hydrogen) atoms. The highest BCUT2D eigenvalue weighted by Crippen LogP contribution is 2.26. The van der Waals surface area contributed by atoms with Crippen molar-refractivity contribution in [3.05, 3.63) is 29.8 Å². The van der Waals surface area contributed by atoms with E-state index in [0.29, 0.717) is 49.0 Å². The topological polar surface area (TPSA) is 95.9 Å². The Morgan fingerprint density at radius 1 is 1.07 bits per heavy atom. The summed E-state index contributed by atoms with van der Waals surface area (Å²) >= 11 is 0. The number of carbonyl (C=O) groups excluding carboxylic acids is 2. The van der Waals surface area contributed by atoms with Crippen LogP contribution in [0.1, 0.15) is 43.5 Å². The number of anilines is 1. The molecule has 0 radical (unpaired) electrons. The van der Waals surface area contributed by atoms with Gasteiger partial charge in [0.05, 0.1) is 11.3 Å². The molecule has 0 spiro atoms. The molecule has 2 unspecified atom stereocenters. The number of carbonyl (C=O) groups is 3. The van der Waals surface area contributed by atoms with E-state index in [2.05, 4.69) is 19.2 Å². The van der Waals surface area contributed by atoms with Crippen molar-refractivity contribution in [1.29, 1.82) is 0 Å². The number of nitrogens with zero attached hydrogens (tertiary/aromatic N) is 1. The Morgan fingerprint density at radius 2 is 1.70 bits per heavy atom. The number of hydrogen-bond donors (Lipinski definition) is 2. The monoisotopic (exact) mass is 374 g/mol. The van der Waals surface area contributed by atoms with Gasteiger partial charge >= 0.3 is 5.97 Å². The highest BCUT2D eigenvalue weighted by molar-refractivity contribution is 6.04. The van der Waals surface area contributed by atoms with E-state index in [1.807, 2.05) is 4.90 Å². The molecule has 2 heterocycles. The summed E-state index contributed by atoms with van der Waals surface area (Å²) in [6, 6.07) is 6.92. The van der Waals surface area contributed by atoms with Gasteiger partial charge in [0.15, 0.2) is 6.10 Å². The molecule has 0 bridgehead atoms. The lowest BCUT2D eigenvalue weighted by molar-refractivity contribution is -0.150. The normalized spacial score (nSPS) is 28.0. The first-order valence-corrected chi connectivity index (χ1v) is 9.42. The van der Waals surface area contributed by atoms with Gasteiger partial charge in [0.1, 0.15) is 6.10 Å². The zero-order valence-corrected chi connectivity index (χ0v) is 15.7. The molecule has 2 fully saturated rings. The van der Waals surface area contributed by atoms with Crippen LogP contribution >= 0.6 is 0 Å². The molecule has 146 valence electrons. The highest BCUT2D eigenvalue weighted by atomic mass is 16.5. The summed E-state index contributed by atoms with van der Waals surface area (Å²) in [5.74, 6) is -0.688. The van der Waals surface area contributed by atoms with Crippen LogP contribution in [0.25, 0.3) is 0 Å². The van der Waals surface area contributed by atoms with Crippen molar-refractivity contribution >= 4 is 23.5 Å². The summed E-state index contributed by atoms with van der Waals surface area (Å²) in [7, 11) is 0. The van der Waals surface area contributed by atoms with Gasteiger partial charge < -0.3 is 20.1 Å². The number of amides is 2. The number of para-hydroxylation sites is 1. The number of ether oxygens (including phenoxy) is 1. The predicted molar refractivity (Wildman–Crippen MR) is 99.5 cm³/mol. The molecular formula is C20H26N2O5. The summed E-state index contributed by atoms with van der Waals surface area (Å²) in [4.78, 5) is 38.3. The SMILES string of the molecule is CC1CC(C)CN(C(=O)c2ccccc2NC(=O)[C@@H]2CC[C@H](C(=O)O)O2)C1. The second kappa shape index (κ2) is 8.08. The smallest absolute Gasteiger partial charge is 0.332 e. The largest absolute Gasteiger partial charge is 0.479 e. The minimum atomic E-state index is -1.06. The number of piperidine rings is 1. The Bertz CT molecular complexity index is 725. The number of aliphatic carboxylic acids is 1.